The van der Waals surface area contributed by atoms with Gasteiger partial charge < -0.3 is 4.74 Å². The molecule has 0 amide bonds. The quantitative estimate of drug-likeness (QED) is 0.809. The molecule has 1 heterocycles. The minimum absolute atomic E-state index is 0.333. The van der Waals surface area contributed by atoms with Gasteiger partial charge in [0.15, 0.2) is 5.69 Å². The Morgan fingerprint density at radius 3 is 2.80 bits per heavy atom. The lowest BCUT2D eigenvalue weighted by atomic mass is 10.1. The highest BCUT2D eigenvalue weighted by Gasteiger charge is 2.18. The first-order valence-corrected chi connectivity index (χ1v) is 6.95. The third kappa shape index (κ3) is 2.56. The zero-order valence-electron chi connectivity index (χ0n) is 11.8. The molecule has 0 atom stereocenters. The Balaban J connectivity index is 2.61. The molecule has 1 aromatic heterocycles. The Morgan fingerprint density at radius 1 is 1.40 bits per heavy atom. The molecule has 0 radical (unpaired) electrons. The van der Waals surface area contributed by atoms with E-state index in [2.05, 4.69) is 11.9 Å². The molecule has 1 aromatic carbocycles. The van der Waals surface area contributed by atoms with E-state index in [0.717, 1.165) is 23.2 Å². The Bertz CT molecular complexity index is 635. The van der Waals surface area contributed by atoms with Crippen molar-refractivity contribution in [2.45, 2.75) is 27.2 Å². The van der Waals surface area contributed by atoms with Gasteiger partial charge in [0.25, 0.3) is 0 Å². The summed E-state index contributed by atoms with van der Waals surface area (Å²) >= 11 is 6.20. The first-order chi connectivity index (χ1) is 9.60. The van der Waals surface area contributed by atoms with Crippen molar-refractivity contribution < 1.29 is 9.53 Å². The average Bonchev–Trinajstić information content (AvgIpc) is 2.91. The third-order valence-corrected chi connectivity index (χ3v) is 3.60. The molecule has 0 aliphatic rings. The normalized spacial score (nSPS) is 10.6. The topological polar surface area (TPSA) is 44.1 Å². The van der Waals surface area contributed by atoms with Crippen molar-refractivity contribution in [1.29, 1.82) is 0 Å². The second-order valence-electron chi connectivity index (χ2n) is 4.40. The van der Waals surface area contributed by atoms with Gasteiger partial charge >= 0.3 is 5.97 Å². The van der Waals surface area contributed by atoms with Crippen LogP contribution in [0.2, 0.25) is 5.02 Å². The Kier molecular flexibility index (Phi) is 4.45. The van der Waals surface area contributed by atoms with Crippen LogP contribution in [0.25, 0.3) is 5.69 Å². The highest BCUT2D eigenvalue weighted by atomic mass is 35.5. The SMILES string of the molecule is CCOC(=O)c1cncn1-c1c(CC)ccc(Cl)c1C. The number of benzene rings is 1. The molecule has 0 spiro atoms. The number of hydrogen-bond donors (Lipinski definition) is 0. The van der Waals surface area contributed by atoms with E-state index in [4.69, 9.17) is 16.3 Å². The minimum atomic E-state index is -0.383. The maximum absolute atomic E-state index is 12.0. The summed E-state index contributed by atoms with van der Waals surface area (Å²) in [5.41, 5.74) is 3.34. The zero-order valence-corrected chi connectivity index (χ0v) is 12.6. The number of nitrogens with zero attached hydrogens (tertiary/aromatic N) is 2. The Labute approximate surface area is 123 Å². The van der Waals surface area contributed by atoms with Crippen LogP contribution in [0.3, 0.4) is 0 Å². The predicted molar refractivity (Wildman–Crippen MR) is 78.6 cm³/mol. The Morgan fingerprint density at radius 2 is 2.15 bits per heavy atom. The molecule has 4 nitrogen and oxygen atoms in total. The van der Waals surface area contributed by atoms with Gasteiger partial charge in [-0.15, -0.1) is 0 Å². The van der Waals surface area contributed by atoms with Crippen LogP contribution in [-0.4, -0.2) is 22.1 Å². The summed E-state index contributed by atoms with van der Waals surface area (Å²) in [5.74, 6) is -0.383. The first-order valence-electron chi connectivity index (χ1n) is 6.57. The molecule has 0 aliphatic carbocycles. The summed E-state index contributed by atoms with van der Waals surface area (Å²) in [6.45, 7) is 6.11. The van der Waals surface area contributed by atoms with Crippen molar-refractivity contribution >= 4 is 17.6 Å². The molecule has 0 fully saturated rings. The Hall–Kier alpha value is -1.81. The van der Waals surface area contributed by atoms with Crippen LogP contribution in [0.15, 0.2) is 24.7 Å². The van der Waals surface area contributed by atoms with Crippen LogP contribution >= 0.6 is 11.6 Å². The summed E-state index contributed by atoms with van der Waals surface area (Å²) in [4.78, 5) is 16.0. The van der Waals surface area contributed by atoms with Gasteiger partial charge in [-0.1, -0.05) is 24.6 Å². The second kappa shape index (κ2) is 6.09. The van der Waals surface area contributed by atoms with E-state index in [1.807, 2.05) is 19.1 Å². The second-order valence-corrected chi connectivity index (χ2v) is 4.81. The van der Waals surface area contributed by atoms with Crippen LogP contribution in [0.4, 0.5) is 0 Å². The summed E-state index contributed by atoms with van der Waals surface area (Å²) in [7, 11) is 0. The number of esters is 1. The van der Waals surface area contributed by atoms with Crippen molar-refractivity contribution in [3.8, 4) is 5.69 Å². The van der Waals surface area contributed by atoms with Crippen molar-refractivity contribution in [2.24, 2.45) is 0 Å². The van der Waals surface area contributed by atoms with Gasteiger partial charge in [0.2, 0.25) is 0 Å². The number of aryl methyl sites for hydroxylation is 1. The van der Waals surface area contributed by atoms with Gasteiger partial charge in [-0.25, -0.2) is 9.78 Å². The van der Waals surface area contributed by atoms with Crippen molar-refractivity contribution in [2.75, 3.05) is 6.61 Å². The van der Waals surface area contributed by atoms with Gasteiger partial charge in [-0.3, -0.25) is 4.57 Å². The summed E-state index contributed by atoms with van der Waals surface area (Å²) in [6.07, 6.45) is 3.97. The lowest BCUT2D eigenvalue weighted by Crippen LogP contribution is -2.12. The van der Waals surface area contributed by atoms with Crippen molar-refractivity contribution in [3.63, 3.8) is 0 Å². The summed E-state index contributed by atoms with van der Waals surface area (Å²) in [5, 5.41) is 0.667. The third-order valence-electron chi connectivity index (χ3n) is 3.19. The molecule has 0 bridgehead atoms. The molecule has 0 saturated heterocycles. The van der Waals surface area contributed by atoms with E-state index in [1.165, 1.54) is 6.20 Å². The number of halogens is 1. The van der Waals surface area contributed by atoms with Crippen molar-refractivity contribution in [3.05, 3.63) is 46.5 Å². The van der Waals surface area contributed by atoms with Crippen LogP contribution in [0.5, 0.6) is 0 Å². The predicted octanol–water partition coefficient (Wildman–Crippen LogP) is 3.57. The highest BCUT2D eigenvalue weighted by molar-refractivity contribution is 6.31. The molecule has 106 valence electrons. The standard InChI is InChI=1S/C15H17ClN2O2/c1-4-11-6-7-12(16)10(3)14(11)18-9-17-8-13(18)15(19)20-5-2/h6-9H,4-5H2,1-3H3. The molecule has 20 heavy (non-hydrogen) atoms. The smallest absolute Gasteiger partial charge is 0.356 e. The number of aromatic nitrogens is 2. The van der Waals surface area contributed by atoms with E-state index in [0.29, 0.717) is 17.3 Å². The maximum Gasteiger partial charge on any atom is 0.356 e. The molecule has 0 unspecified atom stereocenters. The maximum atomic E-state index is 12.0. The molecule has 2 aromatic rings. The van der Waals surface area contributed by atoms with Gasteiger partial charge in [0, 0.05) is 5.02 Å². The summed E-state index contributed by atoms with van der Waals surface area (Å²) < 4.78 is 6.81. The molecule has 5 heteroatoms. The van der Waals surface area contributed by atoms with Gasteiger partial charge in [-0.2, -0.15) is 0 Å². The van der Waals surface area contributed by atoms with Crippen LogP contribution < -0.4 is 0 Å². The van der Waals surface area contributed by atoms with E-state index < -0.39 is 0 Å². The number of imidazole rings is 1. The number of rotatable bonds is 4. The number of carbonyl (C=O) groups is 1. The molecule has 0 N–H and O–H groups in total. The first kappa shape index (κ1) is 14.6. The van der Waals surface area contributed by atoms with Crippen LogP contribution in [0.1, 0.15) is 35.5 Å². The number of ether oxygens (including phenoxy) is 1. The summed E-state index contributed by atoms with van der Waals surface area (Å²) in [6, 6.07) is 3.85. The van der Waals surface area contributed by atoms with E-state index >= 15 is 0 Å². The molecular formula is C15H17ClN2O2. The molecular weight excluding hydrogens is 276 g/mol. The van der Waals surface area contributed by atoms with E-state index in [9.17, 15) is 4.79 Å². The average molecular weight is 293 g/mol. The van der Waals surface area contributed by atoms with Gasteiger partial charge in [-0.05, 0) is 37.5 Å². The van der Waals surface area contributed by atoms with Crippen LogP contribution in [-0.2, 0) is 11.2 Å². The fourth-order valence-electron chi connectivity index (χ4n) is 2.18. The van der Waals surface area contributed by atoms with Gasteiger partial charge in [0.1, 0.15) is 0 Å². The zero-order chi connectivity index (χ0) is 14.7. The van der Waals surface area contributed by atoms with E-state index in [-0.39, 0.29) is 5.97 Å². The number of hydrogen-bond acceptors (Lipinski definition) is 3. The fourth-order valence-corrected chi connectivity index (χ4v) is 2.33. The van der Waals surface area contributed by atoms with E-state index in [1.54, 1.807) is 17.8 Å². The minimum Gasteiger partial charge on any atom is -0.461 e. The van der Waals surface area contributed by atoms with Crippen molar-refractivity contribution in [1.82, 2.24) is 9.55 Å². The lowest BCUT2D eigenvalue weighted by molar-refractivity contribution is 0.0517. The number of carbonyl (C=O) groups excluding carboxylic acids is 1. The largest absolute Gasteiger partial charge is 0.461 e. The fraction of sp³-hybridized carbons (Fsp3) is 0.333. The van der Waals surface area contributed by atoms with Gasteiger partial charge in [0.05, 0.1) is 24.8 Å². The highest BCUT2D eigenvalue weighted by Crippen LogP contribution is 2.27. The monoisotopic (exact) mass is 292 g/mol. The molecule has 2 rings (SSSR count). The van der Waals surface area contributed by atoms with Crippen LogP contribution in [0, 0.1) is 6.92 Å². The molecule has 0 aliphatic heterocycles. The molecule has 0 saturated carbocycles. The lowest BCUT2D eigenvalue weighted by Gasteiger charge is -2.15.